The van der Waals surface area contributed by atoms with Crippen molar-refractivity contribution in [1.82, 2.24) is 14.9 Å². The lowest BCUT2D eigenvalue weighted by Crippen LogP contribution is -2.24. The minimum Gasteiger partial charge on any atom is -0.488 e. The van der Waals surface area contributed by atoms with Crippen molar-refractivity contribution in [1.29, 1.82) is 5.41 Å². The van der Waals surface area contributed by atoms with Crippen LogP contribution >= 0.6 is 23.3 Å². The average molecular weight is 534 g/mol. The average Bonchev–Trinajstić information content (AvgIpc) is 3.62. The third-order valence-corrected chi connectivity index (χ3v) is 7.62. The van der Waals surface area contributed by atoms with Crippen LogP contribution in [0.4, 0.5) is 9.39 Å². The van der Waals surface area contributed by atoms with Gasteiger partial charge in [0.15, 0.2) is 11.6 Å². The molecule has 1 heterocycles. The molecule has 1 amide bonds. The Labute approximate surface area is 219 Å². The van der Waals surface area contributed by atoms with Crippen molar-refractivity contribution < 1.29 is 19.0 Å². The zero-order valence-corrected chi connectivity index (χ0v) is 22.1. The second-order valence-corrected chi connectivity index (χ2v) is 10.5. The quantitative estimate of drug-likeness (QED) is 0.148. The van der Waals surface area contributed by atoms with Gasteiger partial charge >= 0.3 is 0 Å². The van der Waals surface area contributed by atoms with Crippen molar-refractivity contribution in [2.45, 2.75) is 29.6 Å². The molecule has 0 aliphatic heterocycles. The number of aliphatic hydroxyl groups excluding tert-OH is 1. The van der Waals surface area contributed by atoms with E-state index in [4.69, 9.17) is 15.3 Å². The van der Waals surface area contributed by atoms with E-state index in [2.05, 4.69) is 16.6 Å². The summed E-state index contributed by atoms with van der Waals surface area (Å²) in [6.07, 6.45) is 6.12. The molecule has 36 heavy (non-hydrogen) atoms. The van der Waals surface area contributed by atoms with E-state index in [1.807, 2.05) is 18.0 Å². The zero-order chi connectivity index (χ0) is 26.1. The Morgan fingerprint density at radius 1 is 1.42 bits per heavy atom. The van der Waals surface area contributed by atoms with Crippen LogP contribution in [0.15, 0.2) is 46.8 Å². The fraction of sp³-hybridized carbons (Fsp3) is 0.360. The number of hydrogen-bond donors (Lipinski definition) is 4. The summed E-state index contributed by atoms with van der Waals surface area (Å²) >= 11 is 3.03. The van der Waals surface area contributed by atoms with Crippen molar-refractivity contribution in [3.05, 3.63) is 59.6 Å². The Kier molecular flexibility index (Phi) is 10.4. The van der Waals surface area contributed by atoms with E-state index in [1.165, 1.54) is 23.6 Å². The fourth-order valence-corrected chi connectivity index (χ4v) is 5.45. The number of nitrogens with zero attached hydrogens (tertiary/aromatic N) is 2. The lowest BCUT2D eigenvalue weighted by atomic mass is 10.1. The van der Waals surface area contributed by atoms with Gasteiger partial charge in [-0.1, -0.05) is 12.6 Å². The summed E-state index contributed by atoms with van der Waals surface area (Å²) in [6, 6.07) is 6.96. The van der Waals surface area contributed by atoms with Gasteiger partial charge in [0.05, 0.1) is 17.4 Å². The normalized spacial score (nSPS) is 13.3. The van der Waals surface area contributed by atoms with Gasteiger partial charge in [-0.25, -0.2) is 4.39 Å². The van der Waals surface area contributed by atoms with Crippen LogP contribution in [0.2, 0.25) is 0 Å². The lowest BCUT2D eigenvalue weighted by molar-refractivity contribution is -0.107. The number of anilines is 1. The number of benzene rings is 1. The first-order chi connectivity index (χ1) is 17.4. The highest BCUT2D eigenvalue weighted by Crippen LogP contribution is 2.41. The number of aliphatic hydroxyl groups is 1. The molecule has 0 bridgehead atoms. The first-order valence-corrected chi connectivity index (χ1v) is 13.1. The van der Waals surface area contributed by atoms with Crippen LogP contribution in [0.5, 0.6) is 5.75 Å². The Morgan fingerprint density at radius 2 is 2.19 bits per heavy atom. The Bertz CT molecular complexity index is 1100. The molecule has 2 aromatic rings. The van der Waals surface area contributed by atoms with E-state index >= 15 is 0 Å². The Morgan fingerprint density at radius 3 is 2.83 bits per heavy atom. The number of amides is 1. The molecule has 1 aromatic heterocycles. The molecule has 194 valence electrons. The van der Waals surface area contributed by atoms with Crippen molar-refractivity contribution in [3.8, 4) is 5.75 Å². The van der Waals surface area contributed by atoms with Crippen LogP contribution in [0.3, 0.4) is 0 Å². The van der Waals surface area contributed by atoms with Crippen LogP contribution in [-0.2, 0) is 11.3 Å². The van der Waals surface area contributed by atoms with Crippen LogP contribution in [0, 0.1) is 11.2 Å². The van der Waals surface area contributed by atoms with E-state index in [9.17, 15) is 9.18 Å². The Balaban J connectivity index is 1.88. The smallest absolute Gasteiger partial charge is 0.215 e. The molecular formula is C25H32FN5O3S2. The van der Waals surface area contributed by atoms with Gasteiger partial charge < -0.3 is 30.4 Å². The molecule has 1 aromatic carbocycles. The third-order valence-electron chi connectivity index (χ3n) is 5.39. The van der Waals surface area contributed by atoms with E-state index < -0.39 is 5.82 Å². The van der Waals surface area contributed by atoms with E-state index in [0.717, 1.165) is 39.6 Å². The Hall–Kier alpha value is -2.86. The SMILES string of the molecule is C=C(c1cc(SNC2CC2)sc1N(C=O)Cc1ccc(F)c(OCCO)c1)N(C)C/C(C=N)=C/NC. The summed E-state index contributed by atoms with van der Waals surface area (Å²) in [5.41, 5.74) is 2.98. The van der Waals surface area contributed by atoms with Gasteiger partial charge in [0, 0.05) is 55.9 Å². The molecule has 0 atom stereocenters. The van der Waals surface area contributed by atoms with E-state index in [0.29, 0.717) is 23.8 Å². The summed E-state index contributed by atoms with van der Waals surface area (Å²) in [4.78, 5) is 15.8. The van der Waals surface area contributed by atoms with Crippen molar-refractivity contribution in [2.24, 2.45) is 0 Å². The van der Waals surface area contributed by atoms with Gasteiger partial charge in [-0.3, -0.25) is 9.52 Å². The standard InChI is InChI=1S/C25H32FN5O3S2/c1-17(30(3)14-19(12-27)13-28-2)21-11-24(36-29-20-5-6-20)35-25(21)31(16-33)15-18-4-7-22(26)23(10-18)34-9-8-32/h4,7,10-13,16,20,27-29,32H,1,5-6,8-9,14-15H2,2-3H3/b19-13+,27-12?. The van der Waals surface area contributed by atoms with Crippen molar-refractivity contribution in [2.75, 3.05) is 38.8 Å². The number of rotatable bonds is 16. The molecule has 0 saturated heterocycles. The number of thiophene rings is 1. The highest BCUT2D eigenvalue weighted by Gasteiger charge is 2.24. The molecule has 1 fully saturated rings. The van der Waals surface area contributed by atoms with Crippen LogP contribution in [0.25, 0.3) is 5.70 Å². The molecule has 4 N–H and O–H groups in total. The molecule has 0 spiro atoms. The minimum absolute atomic E-state index is 0.0205. The highest BCUT2D eigenvalue weighted by molar-refractivity contribution is 7.99. The summed E-state index contributed by atoms with van der Waals surface area (Å²) in [6.45, 7) is 4.70. The summed E-state index contributed by atoms with van der Waals surface area (Å²) < 4.78 is 23.8. The number of likely N-dealkylation sites (N-methyl/N-ethyl adjacent to an activating group) is 1. The minimum atomic E-state index is -0.530. The summed E-state index contributed by atoms with van der Waals surface area (Å²) in [7, 11) is 3.67. The molecule has 11 heteroatoms. The van der Waals surface area contributed by atoms with Gasteiger partial charge in [-0.05, 0) is 48.6 Å². The van der Waals surface area contributed by atoms with Crippen molar-refractivity contribution >= 4 is 46.6 Å². The monoisotopic (exact) mass is 533 g/mol. The number of hydrogen-bond acceptors (Lipinski definition) is 9. The number of carbonyl (C=O) groups excluding carboxylic acids is 1. The molecule has 8 nitrogen and oxygen atoms in total. The lowest BCUT2D eigenvalue weighted by Gasteiger charge is -2.25. The molecule has 0 unspecified atom stereocenters. The zero-order valence-electron chi connectivity index (χ0n) is 20.4. The third kappa shape index (κ3) is 7.57. The molecule has 1 aliphatic rings. The van der Waals surface area contributed by atoms with Gasteiger partial charge in [-0.15, -0.1) is 11.3 Å². The second-order valence-electron chi connectivity index (χ2n) is 8.30. The van der Waals surface area contributed by atoms with Gasteiger partial charge in [0.25, 0.3) is 0 Å². The fourth-order valence-electron chi connectivity index (χ4n) is 3.33. The molecule has 1 saturated carbocycles. The predicted molar refractivity (Wildman–Crippen MR) is 145 cm³/mol. The number of halogens is 1. The molecule has 3 rings (SSSR count). The van der Waals surface area contributed by atoms with Crippen LogP contribution in [-0.4, -0.2) is 62.5 Å². The predicted octanol–water partition coefficient (Wildman–Crippen LogP) is 3.84. The maximum atomic E-state index is 14.1. The molecular weight excluding hydrogens is 501 g/mol. The number of carbonyl (C=O) groups is 1. The van der Waals surface area contributed by atoms with E-state index in [-0.39, 0.29) is 25.5 Å². The second kappa shape index (κ2) is 13.4. The molecule has 0 radical (unpaired) electrons. The number of nitrogens with one attached hydrogen (secondary N) is 3. The van der Waals surface area contributed by atoms with E-state index in [1.54, 1.807) is 42.2 Å². The highest BCUT2D eigenvalue weighted by atomic mass is 32.2. The van der Waals surface area contributed by atoms with Crippen molar-refractivity contribution in [3.63, 3.8) is 0 Å². The van der Waals surface area contributed by atoms with Crippen LogP contribution < -0.4 is 19.7 Å². The summed E-state index contributed by atoms with van der Waals surface area (Å²) in [5.74, 6) is -0.499. The molecule has 1 aliphatic carbocycles. The maximum Gasteiger partial charge on any atom is 0.215 e. The maximum absolute atomic E-state index is 14.1. The van der Waals surface area contributed by atoms with Crippen LogP contribution in [0.1, 0.15) is 24.0 Å². The van der Waals surface area contributed by atoms with Gasteiger partial charge in [-0.2, -0.15) is 0 Å². The number of ether oxygens (including phenoxy) is 1. The summed E-state index contributed by atoms with van der Waals surface area (Å²) in [5, 5.41) is 20.3. The van der Waals surface area contributed by atoms with Gasteiger partial charge in [0.1, 0.15) is 11.6 Å². The first kappa shape index (κ1) is 27.7. The topological polar surface area (TPSA) is 101 Å². The first-order valence-electron chi connectivity index (χ1n) is 11.5. The van der Waals surface area contributed by atoms with Gasteiger partial charge in [0.2, 0.25) is 6.41 Å². The largest absolute Gasteiger partial charge is 0.488 e.